The Bertz CT molecular complexity index is 967. The second kappa shape index (κ2) is 10.9. The Labute approximate surface area is 202 Å². The number of unbranched alkanes of at least 4 members (excludes halogenated alkanes) is 1. The Kier molecular flexibility index (Phi) is 7.91. The Morgan fingerprint density at radius 1 is 1.03 bits per heavy atom. The molecule has 0 aliphatic carbocycles. The molecule has 6 nitrogen and oxygen atoms in total. The average Bonchev–Trinajstić information content (AvgIpc) is 2.80. The summed E-state index contributed by atoms with van der Waals surface area (Å²) in [6.07, 6.45) is 4.44. The highest BCUT2D eigenvalue weighted by Gasteiger charge is 2.24. The predicted octanol–water partition coefficient (Wildman–Crippen LogP) is 4.11. The van der Waals surface area contributed by atoms with Gasteiger partial charge in [0.25, 0.3) is 5.91 Å². The number of aryl methyl sites for hydroxylation is 4. The molecule has 1 aromatic heterocycles. The minimum Gasteiger partial charge on any atom is -0.353 e. The second-order valence-electron chi connectivity index (χ2n) is 9.46. The van der Waals surface area contributed by atoms with E-state index in [4.69, 9.17) is 9.97 Å². The lowest BCUT2D eigenvalue weighted by atomic mass is 10.1. The van der Waals surface area contributed by atoms with Crippen LogP contribution in [-0.2, 0) is 6.42 Å². The lowest BCUT2D eigenvalue weighted by Crippen LogP contribution is -2.47. The fourth-order valence-corrected chi connectivity index (χ4v) is 5.95. The molecular weight excluding hydrogens is 430 g/mol. The van der Waals surface area contributed by atoms with E-state index in [2.05, 4.69) is 15.9 Å². The second-order valence-corrected chi connectivity index (χ2v) is 10.6. The number of anilines is 1. The van der Waals surface area contributed by atoms with E-state index < -0.39 is 0 Å². The van der Waals surface area contributed by atoms with E-state index in [0.717, 1.165) is 86.9 Å². The van der Waals surface area contributed by atoms with Gasteiger partial charge in [0, 0.05) is 45.3 Å². The molecule has 2 aromatic rings. The number of rotatable bonds is 7. The minimum absolute atomic E-state index is 0.122. The summed E-state index contributed by atoms with van der Waals surface area (Å²) >= 11 is 1.93. The van der Waals surface area contributed by atoms with Crippen molar-refractivity contribution in [3.8, 4) is 0 Å². The summed E-state index contributed by atoms with van der Waals surface area (Å²) in [5.41, 5.74) is 4.33. The largest absolute Gasteiger partial charge is 0.353 e. The van der Waals surface area contributed by atoms with Crippen molar-refractivity contribution < 1.29 is 4.79 Å². The SMILES string of the molecule is Cc1cc(C)cc(C(=O)N(C)CCCCN2CCN(c3nc(C)nc4c3SCCC4)CC2)c1. The molecule has 0 N–H and O–H groups in total. The van der Waals surface area contributed by atoms with E-state index in [1.54, 1.807) is 0 Å². The van der Waals surface area contributed by atoms with Crippen molar-refractivity contribution in [1.82, 2.24) is 19.8 Å². The first-order valence-electron chi connectivity index (χ1n) is 12.2. The molecule has 3 heterocycles. The Morgan fingerprint density at radius 3 is 2.48 bits per heavy atom. The molecule has 33 heavy (non-hydrogen) atoms. The van der Waals surface area contributed by atoms with Crippen LogP contribution in [0.5, 0.6) is 0 Å². The van der Waals surface area contributed by atoms with Crippen LogP contribution in [0.1, 0.15) is 52.3 Å². The van der Waals surface area contributed by atoms with Gasteiger partial charge in [0.05, 0.1) is 10.6 Å². The Hall–Kier alpha value is -2.12. The topological polar surface area (TPSA) is 52.6 Å². The van der Waals surface area contributed by atoms with Crippen molar-refractivity contribution >= 4 is 23.5 Å². The van der Waals surface area contributed by atoms with Crippen LogP contribution in [0, 0.1) is 20.8 Å². The summed E-state index contributed by atoms with van der Waals surface area (Å²) in [4.78, 5) is 30.4. The van der Waals surface area contributed by atoms with Gasteiger partial charge in [-0.3, -0.25) is 9.69 Å². The van der Waals surface area contributed by atoms with Crippen molar-refractivity contribution in [3.05, 3.63) is 46.4 Å². The number of amides is 1. The number of piperazine rings is 1. The van der Waals surface area contributed by atoms with Gasteiger partial charge in [-0.1, -0.05) is 17.2 Å². The predicted molar refractivity (Wildman–Crippen MR) is 137 cm³/mol. The lowest BCUT2D eigenvalue weighted by molar-refractivity contribution is 0.0791. The van der Waals surface area contributed by atoms with Gasteiger partial charge in [-0.2, -0.15) is 0 Å². The maximum absolute atomic E-state index is 12.7. The van der Waals surface area contributed by atoms with Gasteiger partial charge in [-0.05, 0) is 70.9 Å². The summed E-state index contributed by atoms with van der Waals surface area (Å²) in [5.74, 6) is 3.35. The van der Waals surface area contributed by atoms with Crippen molar-refractivity contribution in [3.63, 3.8) is 0 Å². The normalized spacial score (nSPS) is 16.5. The molecular formula is C26H37N5OS. The van der Waals surface area contributed by atoms with E-state index in [1.807, 2.05) is 56.6 Å². The van der Waals surface area contributed by atoms with Crippen molar-refractivity contribution in [2.24, 2.45) is 0 Å². The molecule has 4 rings (SSSR count). The molecule has 2 aliphatic heterocycles. The molecule has 178 valence electrons. The van der Waals surface area contributed by atoms with Crippen LogP contribution in [0.4, 0.5) is 5.82 Å². The van der Waals surface area contributed by atoms with E-state index in [9.17, 15) is 4.79 Å². The standard InChI is InChI=1S/C26H37N5OS/c1-19-16-20(2)18-22(17-19)26(32)29(4)9-5-6-10-30-11-13-31(14-12-30)25-24-23(8-7-15-33-24)27-21(3)28-25/h16-18H,5-15H2,1-4H3. The first-order chi connectivity index (χ1) is 15.9. The van der Waals surface area contributed by atoms with E-state index in [1.165, 1.54) is 22.8 Å². The summed E-state index contributed by atoms with van der Waals surface area (Å²) in [6, 6.07) is 6.08. The average molecular weight is 468 g/mol. The number of hydrogen-bond acceptors (Lipinski definition) is 6. The minimum atomic E-state index is 0.122. The molecule has 0 bridgehead atoms. The van der Waals surface area contributed by atoms with Gasteiger partial charge >= 0.3 is 0 Å². The number of benzene rings is 1. The molecule has 1 aromatic carbocycles. The number of hydrogen-bond donors (Lipinski definition) is 0. The zero-order chi connectivity index (χ0) is 23.4. The van der Waals surface area contributed by atoms with Gasteiger partial charge in [0.2, 0.25) is 0 Å². The van der Waals surface area contributed by atoms with Gasteiger partial charge in [0.1, 0.15) is 11.6 Å². The number of aromatic nitrogens is 2. The molecule has 1 saturated heterocycles. The molecule has 1 fully saturated rings. The van der Waals surface area contributed by atoms with Gasteiger partial charge < -0.3 is 9.80 Å². The summed E-state index contributed by atoms with van der Waals surface area (Å²) in [6.45, 7) is 12.2. The third kappa shape index (κ3) is 6.07. The maximum Gasteiger partial charge on any atom is 0.253 e. The van der Waals surface area contributed by atoms with E-state index in [-0.39, 0.29) is 5.91 Å². The summed E-state index contributed by atoms with van der Waals surface area (Å²) in [7, 11) is 1.92. The van der Waals surface area contributed by atoms with Crippen LogP contribution in [0.15, 0.2) is 23.1 Å². The van der Waals surface area contributed by atoms with E-state index >= 15 is 0 Å². The van der Waals surface area contributed by atoms with Crippen LogP contribution in [-0.4, -0.2) is 77.7 Å². The molecule has 0 unspecified atom stereocenters. The van der Waals surface area contributed by atoms with Crippen LogP contribution in [0.3, 0.4) is 0 Å². The fourth-order valence-electron chi connectivity index (χ4n) is 4.84. The zero-order valence-corrected chi connectivity index (χ0v) is 21.4. The van der Waals surface area contributed by atoms with Crippen LogP contribution in [0.25, 0.3) is 0 Å². The molecule has 7 heteroatoms. The first-order valence-corrected chi connectivity index (χ1v) is 13.2. The fraction of sp³-hybridized carbons (Fsp3) is 0.577. The number of thioether (sulfide) groups is 1. The molecule has 2 aliphatic rings. The number of fused-ring (bicyclic) bond motifs is 1. The van der Waals surface area contributed by atoms with Crippen molar-refractivity contribution in [2.75, 3.05) is 57.0 Å². The zero-order valence-electron chi connectivity index (χ0n) is 20.6. The highest BCUT2D eigenvalue weighted by molar-refractivity contribution is 7.99. The number of nitrogens with zero attached hydrogens (tertiary/aromatic N) is 5. The molecule has 0 saturated carbocycles. The Morgan fingerprint density at radius 2 is 1.76 bits per heavy atom. The summed E-state index contributed by atoms with van der Waals surface area (Å²) in [5, 5.41) is 0. The number of carbonyl (C=O) groups excluding carboxylic acids is 1. The maximum atomic E-state index is 12.7. The Balaban J connectivity index is 1.21. The monoisotopic (exact) mass is 467 g/mol. The first kappa shape index (κ1) is 24.0. The van der Waals surface area contributed by atoms with Crippen LogP contribution >= 0.6 is 11.8 Å². The molecule has 1 amide bonds. The highest BCUT2D eigenvalue weighted by Crippen LogP contribution is 2.36. The molecule has 0 spiro atoms. The number of carbonyl (C=O) groups is 1. The molecule has 0 radical (unpaired) electrons. The van der Waals surface area contributed by atoms with Crippen molar-refractivity contribution in [1.29, 1.82) is 0 Å². The highest BCUT2D eigenvalue weighted by atomic mass is 32.2. The van der Waals surface area contributed by atoms with Crippen LogP contribution < -0.4 is 4.90 Å². The van der Waals surface area contributed by atoms with Gasteiger partial charge in [-0.15, -0.1) is 11.8 Å². The third-order valence-corrected chi connectivity index (χ3v) is 7.74. The van der Waals surface area contributed by atoms with Crippen LogP contribution in [0.2, 0.25) is 0 Å². The van der Waals surface area contributed by atoms with Gasteiger partial charge in [-0.25, -0.2) is 9.97 Å². The molecule has 0 atom stereocenters. The lowest BCUT2D eigenvalue weighted by Gasteiger charge is -2.37. The smallest absolute Gasteiger partial charge is 0.253 e. The van der Waals surface area contributed by atoms with Crippen molar-refractivity contribution in [2.45, 2.75) is 51.3 Å². The van der Waals surface area contributed by atoms with Gasteiger partial charge in [0.15, 0.2) is 0 Å². The van der Waals surface area contributed by atoms with E-state index in [0.29, 0.717) is 0 Å². The quantitative estimate of drug-likeness (QED) is 0.571. The third-order valence-electron chi connectivity index (χ3n) is 6.54. The summed E-state index contributed by atoms with van der Waals surface area (Å²) < 4.78 is 0.